The molecule has 0 aliphatic heterocycles. The number of nitriles is 1. The second-order valence-corrected chi connectivity index (χ2v) is 6.84. The summed E-state index contributed by atoms with van der Waals surface area (Å²) in [4.78, 5) is 4.45. The fourth-order valence-electron chi connectivity index (χ4n) is 3.62. The SMILES string of the molecule is Cc1cccc(C)c1-c1cc(C#N)ccc1-c1cc[c-]c(-c2ccccn2)c1.[Ir]. The summed E-state index contributed by atoms with van der Waals surface area (Å²) in [5, 5.41) is 9.44. The van der Waals surface area contributed by atoms with Crippen LogP contribution in [0.4, 0.5) is 0 Å². The van der Waals surface area contributed by atoms with Crippen molar-refractivity contribution < 1.29 is 20.1 Å². The third-order valence-electron chi connectivity index (χ3n) is 4.95. The summed E-state index contributed by atoms with van der Waals surface area (Å²) in [7, 11) is 0. The van der Waals surface area contributed by atoms with Crippen molar-refractivity contribution in [2.45, 2.75) is 13.8 Å². The molecule has 1 radical (unpaired) electrons. The Bertz CT molecular complexity index is 1170. The maximum Gasteiger partial charge on any atom is 0.0991 e. The average molecular weight is 552 g/mol. The molecule has 0 fully saturated rings. The Hall–Kier alpha value is -3.05. The largest absolute Gasteiger partial charge is 0.305 e. The molecule has 1 aromatic heterocycles. The van der Waals surface area contributed by atoms with Gasteiger partial charge in [0.05, 0.1) is 11.6 Å². The number of nitrogens with zero attached hydrogens (tertiary/aromatic N) is 2. The van der Waals surface area contributed by atoms with E-state index in [1.807, 2.05) is 42.5 Å². The summed E-state index contributed by atoms with van der Waals surface area (Å²) in [5.41, 5.74) is 9.35. The van der Waals surface area contributed by atoms with Crippen LogP contribution in [0, 0.1) is 31.2 Å². The Labute approximate surface area is 185 Å². The minimum atomic E-state index is 0. The third kappa shape index (κ3) is 4.20. The normalized spacial score (nSPS) is 10.1. The molecule has 143 valence electrons. The topological polar surface area (TPSA) is 36.7 Å². The first-order valence-electron chi connectivity index (χ1n) is 9.21. The van der Waals surface area contributed by atoms with Gasteiger partial charge in [-0.15, -0.1) is 35.4 Å². The molecule has 3 heteroatoms. The first kappa shape index (κ1) is 20.7. The van der Waals surface area contributed by atoms with Gasteiger partial charge in [-0.3, -0.25) is 0 Å². The molecule has 0 bridgehead atoms. The molecule has 0 aliphatic rings. The zero-order valence-corrected chi connectivity index (χ0v) is 18.6. The van der Waals surface area contributed by atoms with Gasteiger partial charge in [-0.25, -0.2) is 0 Å². The van der Waals surface area contributed by atoms with E-state index in [2.05, 4.69) is 61.3 Å². The van der Waals surface area contributed by atoms with Crippen LogP contribution in [0.2, 0.25) is 0 Å². The minimum Gasteiger partial charge on any atom is -0.305 e. The summed E-state index contributed by atoms with van der Waals surface area (Å²) in [6.45, 7) is 4.23. The first-order chi connectivity index (χ1) is 13.7. The van der Waals surface area contributed by atoms with Crippen molar-refractivity contribution in [2.75, 3.05) is 0 Å². The van der Waals surface area contributed by atoms with Crippen molar-refractivity contribution in [2.24, 2.45) is 0 Å². The van der Waals surface area contributed by atoms with E-state index < -0.39 is 0 Å². The number of hydrogen-bond acceptors (Lipinski definition) is 2. The molecule has 0 aliphatic carbocycles. The molecule has 29 heavy (non-hydrogen) atoms. The average Bonchev–Trinajstić information content (AvgIpc) is 2.74. The Morgan fingerprint density at radius 2 is 1.66 bits per heavy atom. The third-order valence-corrected chi connectivity index (χ3v) is 4.95. The summed E-state index contributed by atoms with van der Waals surface area (Å²) in [6.07, 6.45) is 1.79. The fraction of sp³-hybridized carbons (Fsp3) is 0.0769. The van der Waals surface area contributed by atoms with Crippen LogP contribution in [0.5, 0.6) is 0 Å². The van der Waals surface area contributed by atoms with Gasteiger partial charge in [0.15, 0.2) is 0 Å². The van der Waals surface area contributed by atoms with Crippen LogP contribution < -0.4 is 0 Å². The van der Waals surface area contributed by atoms with E-state index in [1.54, 1.807) is 6.20 Å². The summed E-state index contributed by atoms with van der Waals surface area (Å²) in [6, 6.07) is 29.7. The molecule has 0 N–H and O–H groups in total. The number of hydrogen-bond donors (Lipinski definition) is 0. The molecule has 0 unspecified atom stereocenters. The molecule has 3 aromatic carbocycles. The van der Waals surface area contributed by atoms with Crippen LogP contribution in [0.1, 0.15) is 16.7 Å². The van der Waals surface area contributed by atoms with Crippen molar-refractivity contribution in [1.82, 2.24) is 4.98 Å². The van der Waals surface area contributed by atoms with Gasteiger partial charge in [0.25, 0.3) is 0 Å². The van der Waals surface area contributed by atoms with Crippen LogP contribution in [0.25, 0.3) is 33.5 Å². The number of aryl methyl sites for hydroxylation is 2. The number of benzene rings is 3. The summed E-state index contributed by atoms with van der Waals surface area (Å²) >= 11 is 0. The van der Waals surface area contributed by atoms with Crippen LogP contribution >= 0.6 is 0 Å². The molecular formula is C26H19IrN2-. The first-order valence-corrected chi connectivity index (χ1v) is 9.21. The van der Waals surface area contributed by atoms with Gasteiger partial charge in [-0.2, -0.15) is 5.26 Å². The molecule has 1 heterocycles. The van der Waals surface area contributed by atoms with Crippen LogP contribution in [-0.4, -0.2) is 4.98 Å². The van der Waals surface area contributed by atoms with Gasteiger partial charge in [0.2, 0.25) is 0 Å². The van der Waals surface area contributed by atoms with Crippen LogP contribution in [0.3, 0.4) is 0 Å². The Kier molecular flexibility index (Phi) is 6.39. The predicted octanol–water partition coefficient (Wildman–Crippen LogP) is 6.37. The number of aromatic nitrogens is 1. The zero-order valence-electron chi connectivity index (χ0n) is 16.2. The smallest absolute Gasteiger partial charge is 0.0991 e. The molecule has 0 saturated carbocycles. The molecule has 4 aromatic rings. The van der Waals surface area contributed by atoms with Gasteiger partial charge in [-0.05, 0) is 65.6 Å². The van der Waals surface area contributed by atoms with Gasteiger partial charge in [-0.1, -0.05) is 36.4 Å². The van der Waals surface area contributed by atoms with Crippen molar-refractivity contribution in [3.63, 3.8) is 0 Å². The maximum absolute atomic E-state index is 9.44. The molecule has 0 spiro atoms. The molecule has 0 atom stereocenters. The van der Waals surface area contributed by atoms with Crippen molar-refractivity contribution >= 4 is 0 Å². The Morgan fingerprint density at radius 1 is 0.862 bits per heavy atom. The van der Waals surface area contributed by atoms with E-state index in [-0.39, 0.29) is 20.1 Å². The van der Waals surface area contributed by atoms with E-state index in [0.717, 1.165) is 27.9 Å². The van der Waals surface area contributed by atoms with Gasteiger partial charge in [0, 0.05) is 26.3 Å². The Morgan fingerprint density at radius 3 is 2.34 bits per heavy atom. The quantitative estimate of drug-likeness (QED) is 0.278. The second kappa shape index (κ2) is 8.97. The van der Waals surface area contributed by atoms with E-state index in [0.29, 0.717) is 5.56 Å². The standard InChI is InChI=1S/C26H19N2.Ir/c1-18-7-5-8-19(2)26(18)24-15-20(17-27)12-13-23(24)21-9-6-10-22(16-21)25-11-3-4-14-28-25;/h3-9,11-16H,1-2H3;/q-1;. The molecule has 2 nitrogen and oxygen atoms in total. The molecule has 4 rings (SSSR count). The van der Waals surface area contributed by atoms with E-state index in [1.165, 1.54) is 16.7 Å². The minimum absolute atomic E-state index is 0. The van der Waals surface area contributed by atoms with Crippen molar-refractivity contribution in [1.29, 1.82) is 5.26 Å². The van der Waals surface area contributed by atoms with Crippen molar-refractivity contribution in [3.05, 3.63) is 102 Å². The predicted molar refractivity (Wildman–Crippen MR) is 114 cm³/mol. The summed E-state index contributed by atoms with van der Waals surface area (Å²) < 4.78 is 0. The second-order valence-electron chi connectivity index (χ2n) is 6.84. The monoisotopic (exact) mass is 552 g/mol. The molecule has 0 saturated heterocycles. The van der Waals surface area contributed by atoms with Crippen LogP contribution in [-0.2, 0) is 20.1 Å². The van der Waals surface area contributed by atoms with Gasteiger partial charge in [0.1, 0.15) is 0 Å². The van der Waals surface area contributed by atoms with E-state index in [9.17, 15) is 5.26 Å². The molecule has 0 amide bonds. The van der Waals surface area contributed by atoms with E-state index >= 15 is 0 Å². The fourth-order valence-corrected chi connectivity index (χ4v) is 3.62. The van der Waals surface area contributed by atoms with E-state index in [4.69, 9.17) is 0 Å². The zero-order chi connectivity index (χ0) is 19.5. The molecular weight excluding hydrogens is 533 g/mol. The summed E-state index contributed by atoms with van der Waals surface area (Å²) in [5.74, 6) is 0. The number of rotatable bonds is 3. The maximum atomic E-state index is 9.44. The van der Waals surface area contributed by atoms with Crippen molar-refractivity contribution in [3.8, 4) is 39.6 Å². The van der Waals surface area contributed by atoms with Crippen LogP contribution in [0.15, 0.2) is 79.0 Å². The number of pyridine rings is 1. The van der Waals surface area contributed by atoms with Gasteiger partial charge < -0.3 is 4.98 Å². The van der Waals surface area contributed by atoms with Gasteiger partial charge >= 0.3 is 0 Å². The Balaban J connectivity index is 0.00000240.